The molecule has 0 aromatic heterocycles. The molecule has 0 aliphatic rings. The number of hydrogen-bond acceptors (Lipinski definition) is 4. The Hall–Kier alpha value is -1.20. The predicted molar refractivity (Wildman–Crippen MR) is 71.8 cm³/mol. The average Bonchev–Trinajstić information content (AvgIpc) is 2.35. The van der Waals surface area contributed by atoms with Gasteiger partial charge in [0.2, 0.25) is 10.0 Å². The van der Waals surface area contributed by atoms with Crippen molar-refractivity contribution < 1.29 is 12.8 Å². The lowest BCUT2D eigenvalue weighted by molar-refractivity contribution is 0.576. The molecule has 0 saturated carbocycles. The van der Waals surface area contributed by atoms with Crippen LogP contribution in [-0.4, -0.2) is 21.5 Å². The Morgan fingerprint density at radius 2 is 2.05 bits per heavy atom. The minimum atomic E-state index is -3.70. The zero-order valence-electron chi connectivity index (χ0n) is 10.1. The lowest BCUT2D eigenvalue weighted by atomic mass is 10.2. The fourth-order valence-electron chi connectivity index (χ4n) is 1.32. The summed E-state index contributed by atoms with van der Waals surface area (Å²) < 4.78 is 39.0. The Balaban J connectivity index is 0.00000324. The van der Waals surface area contributed by atoms with Crippen molar-refractivity contribution in [1.29, 1.82) is 5.26 Å². The summed E-state index contributed by atoms with van der Waals surface area (Å²) in [5.41, 5.74) is 5.00. The fourth-order valence-corrected chi connectivity index (χ4v) is 2.42. The van der Waals surface area contributed by atoms with Crippen LogP contribution >= 0.6 is 12.4 Å². The van der Waals surface area contributed by atoms with Crippen molar-refractivity contribution in [3.05, 3.63) is 29.6 Å². The van der Waals surface area contributed by atoms with Crippen LogP contribution in [0.3, 0.4) is 0 Å². The maximum atomic E-state index is 13.1. The SMILES string of the molecule is Cl.N#Cc1cc(S(=O)(=O)NCCCCN)ccc1F. The molecule has 0 aliphatic heterocycles. The third kappa shape index (κ3) is 5.12. The van der Waals surface area contributed by atoms with Crippen molar-refractivity contribution in [1.82, 2.24) is 4.72 Å². The highest BCUT2D eigenvalue weighted by Gasteiger charge is 2.15. The fraction of sp³-hybridized carbons (Fsp3) is 0.364. The summed E-state index contributed by atoms with van der Waals surface area (Å²) in [4.78, 5) is -0.117. The topological polar surface area (TPSA) is 96.0 Å². The van der Waals surface area contributed by atoms with Gasteiger partial charge in [-0.25, -0.2) is 17.5 Å². The molecule has 0 fully saturated rings. The van der Waals surface area contributed by atoms with Gasteiger partial charge in [0, 0.05) is 6.54 Å². The number of nitrogens with zero attached hydrogens (tertiary/aromatic N) is 1. The number of sulfonamides is 1. The van der Waals surface area contributed by atoms with Crippen molar-refractivity contribution in [3.8, 4) is 6.07 Å². The number of unbranched alkanes of at least 4 members (excludes halogenated alkanes) is 1. The van der Waals surface area contributed by atoms with E-state index in [2.05, 4.69) is 4.72 Å². The number of nitriles is 1. The number of nitrogens with one attached hydrogen (secondary N) is 1. The van der Waals surface area contributed by atoms with E-state index in [1.165, 1.54) is 0 Å². The quantitative estimate of drug-likeness (QED) is 0.770. The molecule has 1 aromatic rings. The molecule has 0 atom stereocenters. The summed E-state index contributed by atoms with van der Waals surface area (Å²) >= 11 is 0. The van der Waals surface area contributed by atoms with Crippen LogP contribution in [0.15, 0.2) is 23.1 Å². The maximum absolute atomic E-state index is 13.1. The lowest BCUT2D eigenvalue weighted by Gasteiger charge is -2.06. The normalized spacial score (nSPS) is 10.6. The first-order valence-electron chi connectivity index (χ1n) is 5.40. The van der Waals surface area contributed by atoms with E-state index < -0.39 is 15.8 Å². The first kappa shape index (κ1) is 17.8. The van der Waals surface area contributed by atoms with Crippen molar-refractivity contribution in [2.45, 2.75) is 17.7 Å². The highest BCUT2D eigenvalue weighted by molar-refractivity contribution is 7.89. The van der Waals surface area contributed by atoms with Crippen molar-refractivity contribution >= 4 is 22.4 Å². The third-order valence-electron chi connectivity index (χ3n) is 2.29. The molecule has 106 valence electrons. The van der Waals surface area contributed by atoms with Crippen LogP contribution in [0.25, 0.3) is 0 Å². The van der Waals surface area contributed by atoms with Crippen LogP contribution < -0.4 is 10.5 Å². The molecule has 0 saturated heterocycles. The van der Waals surface area contributed by atoms with Crippen LogP contribution in [0.1, 0.15) is 18.4 Å². The number of hydrogen-bond donors (Lipinski definition) is 2. The summed E-state index contributed by atoms with van der Waals surface area (Å²) in [6.45, 7) is 0.760. The molecule has 19 heavy (non-hydrogen) atoms. The molecule has 5 nitrogen and oxygen atoms in total. The van der Waals surface area contributed by atoms with Gasteiger partial charge in [0.05, 0.1) is 10.5 Å². The second kappa shape index (κ2) is 8.07. The lowest BCUT2D eigenvalue weighted by Crippen LogP contribution is -2.25. The molecule has 1 aromatic carbocycles. The van der Waals surface area contributed by atoms with E-state index in [-0.39, 0.29) is 29.4 Å². The third-order valence-corrected chi connectivity index (χ3v) is 3.75. The van der Waals surface area contributed by atoms with Gasteiger partial charge in [-0.05, 0) is 37.6 Å². The summed E-state index contributed by atoms with van der Waals surface area (Å²) in [7, 11) is -3.70. The first-order chi connectivity index (χ1) is 8.51. The summed E-state index contributed by atoms with van der Waals surface area (Å²) in [5, 5.41) is 8.64. The van der Waals surface area contributed by atoms with Crippen LogP contribution in [0.2, 0.25) is 0 Å². The molecule has 1 rings (SSSR count). The van der Waals surface area contributed by atoms with Gasteiger partial charge in [0.25, 0.3) is 0 Å². The average molecular weight is 308 g/mol. The second-order valence-corrected chi connectivity index (χ2v) is 5.41. The van der Waals surface area contributed by atoms with Crippen molar-refractivity contribution in [3.63, 3.8) is 0 Å². The van der Waals surface area contributed by atoms with Crippen LogP contribution in [0.5, 0.6) is 0 Å². The van der Waals surface area contributed by atoms with E-state index in [0.29, 0.717) is 13.0 Å². The summed E-state index contributed by atoms with van der Waals surface area (Å²) in [6, 6.07) is 4.71. The molecule has 0 amide bonds. The van der Waals surface area contributed by atoms with Gasteiger partial charge in [-0.15, -0.1) is 12.4 Å². The number of rotatable bonds is 6. The smallest absolute Gasteiger partial charge is 0.240 e. The zero-order chi connectivity index (χ0) is 13.6. The second-order valence-electron chi connectivity index (χ2n) is 3.65. The maximum Gasteiger partial charge on any atom is 0.240 e. The Labute approximate surface area is 118 Å². The minimum Gasteiger partial charge on any atom is -0.330 e. The monoisotopic (exact) mass is 307 g/mol. The Bertz CT molecular complexity index is 558. The van der Waals surface area contributed by atoms with Gasteiger partial charge in [-0.1, -0.05) is 0 Å². The molecule has 0 unspecified atom stereocenters. The van der Waals surface area contributed by atoms with Gasteiger partial charge >= 0.3 is 0 Å². The summed E-state index contributed by atoms with van der Waals surface area (Å²) in [6.07, 6.45) is 1.34. The van der Waals surface area contributed by atoms with E-state index in [1.807, 2.05) is 0 Å². The molecule has 0 radical (unpaired) electrons. The van der Waals surface area contributed by atoms with E-state index in [4.69, 9.17) is 11.0 Å². The summed E-state index contributed by atoms with van der Waals surface area (Å²) in [5.74, 6) is -0.736. The molecule has 0 aliphatic carbocycles. The minimum absolute atomic E-state index is 0. The molecule has 0 bridgehead atoms. The highest BCUT2D eigenvalue weighted by atomic mass is 35.5. The predicted octanol–water partition coefficient (Wildman–Crippen LogP) is 1.14. The molecule has 3 N–H and O–H groups in total. The molecule has 0 heterocycles. The standard InChI is InChI=1S/C11H14FN3O2S.ClH/c12-11-4-3-10(7-9(11)8-14)18(16,17)15-6-2-1-5-13;/h3-4,7,15H,1-2,5-6,13H2;1H. The molecular formula is C11H15ClFN3O2S. The van der Waals surface area contributed by atoms with Gasteiger partial charge in [0.1, 0.15) is 11.9 Å². The van der Waals surface area contributed by atoms with Crippen molar-refractivity contribution in [2.24, 2.45) is 5.73 Å². The van der Waals surface area contributed by atoms with Crippen molar-refractivity contribution in [2.75, 3.05) is 13.1 Å². The Morgan fingerprint density at radius 3 is 2.63 bits per heavy atom. The number of halogens is 2. The van der Waals surface area contributed by atoms with E-state index in [1.54, 1.807) is 6.07 Å². The Morgan fingerprint density at radius 1 is 1.37 bits per heavy atom. The van der Waals surface area contributed by atoms with Gasteiger partial charge in [-0.3, -0.25) is 0 Å². The van der Waals surface area contributed by atoms with E-state index >= 15 is 0 Å². The van der Waals surface area contributed by atoms with Gasteiger partial charge < -0.3 is 5.73 Å². The van der Waals surface area contributed by atoms with E-state index in [9.17, 15) is 12.8 Å². The Kier molecular flexibility index (Phi) is 7.56. The molecular weight excluding hydrogens is 293 g/mol. The number of nitrogens with two attached hydrogens (primary N) is 1. The number of benzene rings is 1. The first-order valence-corrected chi connectivity index (χ1v) is 6.89. The van der Waals surface area contributed by atoms with Crippen LogP contribution in [-0.2, 0) is 10.0 Å². The zero-order valence-corrected chi connectivity index (χ0v) is 11.7. The highest BCUT2D eigenvalue weighted by Crippen LogP contribution is 2.14. The van der Waals surface area contributed by atoms with Crippen LogP contribution in [0.4, 0.5) is 4.39 Å². The molecule has 0 spiro atoms. The molecule has 8 heteroatoms. The van der Waals surface area contributed by atoms with E-state index in [0.717, 1.165) is 24.6 Å². The van der Waals surface area contributed by atoms with Gasteiger partial charge in [-0.2, -0.15) is 5.26 Å². The van der Waals surface area contributed by atoms with Gasteiger partial charge in [0.15, 0.2) is 0 Å². The van der Waals surface area contributed by atoms with Crippen LogP contribution in [0, 0.1) is 17.1 Å². The largest absolute Gasteiger partial charge is 0.330 e.